The molecule has 2 heterocycles. The van der Waals surface area contributed by atoms with E-state index >= 15 is 0 Å². The number of carbonyl (C=O) groups is 4. The van der Waals surface area contributed by atoms with Crippen molar-refractivity contribution in [2.45, 2.75) is 102 Å². The van der Waals surface area contributed by atoms with Crippen LogP contribution in [0.15, 0.2) is 84.9 Å². The van der Waals surface area contributed by atoms with Crippen molar-refractivity contribution < 1.29 is 65.2 Å². The minimum atomic E-state index is -5.20. The lowest BCUT2D eigenvalue weighted by molar-refractivity contribution is -0.255. The van der Waals surface area contributed by atoms with E-state index in [1.54, 1.807) is 70.2 Å². The molecule has 4 aromatic carbocycles. The number of hydrogen-bond acceptors (Lipinski definition) is 8. The summed E-state index contributed by atoms with van der Waals surface area (Å²) in [6.07, 6.45) is -12.1. The number of alkyl halides is 6. The van der Waals surface area contributed by atoms with Gasteiger partial charge in [0.1, 0.15) is 13.2 Å². The van der Waals surface area contributed by atoms with E-state index in [4.69, 9.17) is 9.47 Å². The van der Waals surface area contributed by atoms with Crippen molar-refractivity contribution in [3.8, 4) is 0 Å². The van der Waals surface area contributed by atoms with Gasteiger partial charge in [-0.15, -0.1) is 0 Å². The third kappa shape index (κ3) is 9.49. The highest BCUT2D eigenvalue weighted by atomic mass is 19.4. The zero-order valence-corrected chi connectivity index (χ0v) is 33.5. The molecule has 60 heavy (non-hydrogen) atoms. The van der Waals surface area contributed by atoms with Gasteiger partial charge < -0.3 is 30.3 Å². The average molecular weight is 843 g/mol. The molecule has 0 spiro atoms. The fourth-order valence-electron chi connectivity index (χ4n) is 7.06. The van der Waals surface area contributed by atoms with Crippen LogP contribution >= 0.6 is 0 Å². The topological polar surface area (TPSA) is 151 Å². The number of rotatable bonds is 10. The van der Waals surface area contributed by atoms with Crippen LogP contribution < -0.4 is 10.6 Å². The first kappa shape index (κ1) is 45.3. The molecule has 0 bridgehead atoms. The summed E-state index contributed by atoms with van der Waals surface area (Å²) >= 11 is 0. The summed E-state index contributed by atoms with van der Waals surface area (Å²) in [5.41, 5.74) is -5.03. The number of benzene rings is 4. The Hall–Kier alpha value is -5.74. The highest BCUT2D eigenvalue weighted by Gasteiger charge is 2.62. The predicted octanol–water partition coefficient (Wildman–Crippen LogP) is 8.53. The first-order chi connectivity index (χ1) is 27.7. The van der Waals surface area contributed by atoms with Gasteiger partial charge in [-0.05, 0) is 72.2 Å². The summed E-state index contributed by atoms with van der Waals surface area (Å²) < 4.78 is 92.9. The van der Waals surface area contributed by atoms with Crippen LogP contribution in [0.5, 0.6) is 0 Å². The van der Waals surface area contributed by atoms with Crippen LogP contribution in [-0.2, 0) is 43.1 Å². The largest absolute Gasteiger partial charge is 0.457 e. The predicted molar refractivity (Wildman–Crippen MR) is 208 cm³/mol. The van der Waals surface area contributed by atoms with Gasteiger partial charge in [-0.3, -0.25) is 9.59 Å². The third-order valence-electron chi connectivity index (χ3n) is 10.6. The number of anilines is 2. The smallest absolute Gasteiger partial charge is 0.426 e. The highest BCUT2D eigenvalue weighted by Crippen LogP contribution is 2.44. The van der Waals surface area contributed by atoms with E-state index < -0.39 is 71.0 Å². The number of hydrogen-bond donors (Lipinski definition) is 4. The number of halogens is 6. The Morgan fingerprint density at radius 2 is 1.00 bits per heavy atom. The lowest BCUT2D eigenvalue weighted by atomic mass is 9.74. The number of aliphatic hydroxyl groups is 2. The molecule has 10 nitrogen and oxygen atoms in total. The summed E-state index contributed by atoms with van der Waals surface area (Å²) in [4.78, 5) is 48.3. The van der Waals surface area contributed by atoms with Crippen LogP contribution in [0.3, 0.4) is 0 Å². The van der Waals surface area contributed by atoms with Crippen LogP contribution in [-0.4, -0.2) is 57.5 Å². The van der Waals surface area contributed by atoms with Crippen molar-refractivity contribution in [2.75, 3.05) is 10.6 Å². The van der Waals surface area contributed by atoms with Gasteiger partial charge in [-0.2, -0.15) is 26.3 Å². The van der Waals surface area contributed by atoms with E-state index in [-0.39, 0.29) is 24.6 Å². The molecule has 4 aromatic rings. The summed E-state index contributed by atoms with van der Waals surface area (Å²) in [5, 5.41) is 25.4. The van der Waals surface area contributed by atoms with Crippen LogP contribution in [0.1, 0.15) is 94.6 Å². The van der Waals surface area contributed by atoms with Gasteiger partial charge in [0.2, 0.25) is 11.2 Å². The van der Waals surface area contributed by atoms with E-state index in [9.17, 15) is 55.7 Å². The molecule has 6 rings (SSSR count). The Bertz CT molecular complexity index is 2300. The first-order valence-corrected chi connectivity index (χ1v) is 18.6. The van der Waals surface area contributed by atoms with Crippen molar-refractivity contribution in [1.29, 1.82) is 0 Å². The Balaban J connectivity index is 0.000000228. The molecule has 2 atom stereocenters. The van der Waals surface area contributed by atoms with Crippen LogP contribution in [0.2, 0.25) is 0 Å². The number of carbonyl (C=O) groups excluding carboxylic acids is 4. The van der Waals surface area contributed by atoms with Gasteiger partial charge >= 0.3 is 24.3 Å². The number of nitrogens with one attached hydrogen (secondary N) is 2. The molecule has 0 aromatic heterocycles. The molecule has 0 aliphatic carbocycles. The van der Waals surface area contributed by atoms with Gasteiger partial charge in [0.15, 0.2) is 0 Å². The van der Waals surface area contributed by atoms with E-state index in [0.29, 0.717) is 33.4 Å². The van der Waals surface area contributed by atoms with Crippen LogP contribution in [0.4, 0.5) is 37.7 Å². The van der Waals surface area contributed by atoms with E-state index in [2.05, 4.69) is 10.6 Å². The number of fused-ring (bicyclic) bond motifs is 2. The minimum Gasteiger partial charge on any atom is -0.457 e. The van der Waals surface area contributed by atoms with Crippen LogP contribution in [0.25, 0.3) is 0 Å². The van der Waals surface area contributed by atoms with Gasteiger partial charge in [0.25, 0.3) is 11.8 Å². The Morgan fingerprint density at radius 3 is 1.40 bits per heavy atom. The average Bonchev–Trinajstić information content (AvgIpc) is 3.71. The molecule has 320 valence electrons. The Kier molecular flexibility index (Phi) is 12.4. The molecular weight excluding hydrogens is 798 g/mol. The summed E-state index contributed by atoms with van der Waals surface area (Å²) in [6.45, 7) is 9.79. The lowest BCUT2D eigenvalue weighted by Gasteiger charge is -2.36. The van der Waals surface area contributed by atoms with E-state index in [1.165, 1.54) is 36.4 Å². The fourth-order valence-corrected chi connectivity index (χ4v) is 7.06. The summed E-state index contributed by atoms with van der Waals surface area (Å²) in [6, 6.07) is 21.9. The second-order valence-corrected chi connectivity index (χ2v) is 16.4. The van der Waals surface area contributed by atoms with Gasteiger partial charge in [0.05, 0.1) is 11.1 Å². The number of cyclic esters (lactones) is 2. The number of ether oxygens (including phenoxy) is 2. The fraction of sp³-hybridized carbons (Fsp3) is 0.364. The summed E-state index contributed by atoms with van der Waals surface area (Å²) in [5.74, 6) is -4.23. The first-order valence-electron chi connectivity index (χ1n) is 18.6. The SMILES string of the molecule is Cc1ccc(C(C)(C)CC(O)(C(=O)Nc2ccc3c(c2)COC3=O)C(F)(F)F)cc1.Cc1cccc(C(C)(C)CC(O)(C(=O)Nc2ccc3c(c2)COC3=O)C(F)(F)F)c1. The molecule has 0 radical (unpaired) electrons. The van der Waals surface area contributed by atoms with E-state index in [0.717, 1.165) is 11.1 Å². The van der Waals surface area contributed by atoms with Crippen molar-refractivity contribution in [1.82, 2.24) is 0 Å². The quantitative estimate of drug-likeness (QED) is 0.0917. The molecule has 0 saturated heterocycles. The van der Waals surface area contributed by atoms with Gasteiger partial charge in [-0.1, -0.05) is 87.4 Å². The van der Waals surface area contributed by atoms with Crippen molar-refractivity contribution in [2.24, 2.45) is 0 Å². The maximum absolute atomic E-state index is 13.9. The molecule has 2 aliphatic rings. The van der Waals surface area contributed by atoms with Crippen LogP contribution in [0, 0.1) is 13.8 Å². The molecule has 2 aliphatic heterocycles. The molecule has 16 heteroatoms. The highest BCUT2D eigenvalue weighted by molar-refractivity contribution is 6.00. The third-order valence-corrected chi connectivity index (χ3v) is 10.6. The number of esters is 2. The number of amides is 2. The monoisotopic (exact) mass is 842 g/mol. The minimum absolute atomic E-state index is 0.0259. The Labute approximate surface area is 341 Å². The van der Waals surface area contributed by atoms with Gasteiger partial charge in [0, 0.05) is 35.3 Å². The zero-order valence-electron chi connectivity index (χ0n) is 33.5. The molecule has 2 unspecified atom stereocenters. The van der Waals surface area contributed by atoms with Crippen molar-refractivity contribution in [3.63, 3.8) is 0 Å². The maximum atomic E-state index is 13.9. The molecular formula is C44H44F6N2O8. The number of aryl methyl sites for hydroxylation is 2. The maximum Gasteiger partial charge on any atom is 0.426 e. The Morgan fingerprint density at radius 1 is 0.583 bits per heavy atom. The summed E-state index contributed by atoms with van der Waals surface area (Å²) in [7, 11) is 0. The normalized spacial score (nSPS) is 15.9. The molecule has 0 saturated carbocycles. The standard InChI is InChI=1S/2C22H22F3NO4/c1-13-4-6-15(7-5-13)20(2,3)12-21(29,22(23,24)25)19(28)26-16-8-9-17-14(10-16)11-30-18(17)27;1-13-5-4-6-15(9-13)20(2,3)12-21(29,22(23,24)25)19(28)26-16-7-8-17-14(10-16)11-30-18(17)27/h2*4-10,29H,11-12H2,1-3H3,(H,26,28). The van der Waals surface area contributed by atoms with Crippen molar-refractivity contribution >= 4 is 35.1 Å². The lowest BCUT2D eigenvalue weighted by Crippen LogP contribution is -2.57. The second-order valence-electron chi connectivity index (χ2n) is 16.4. The zero-order chi connectivity index (χ0) is 44.6. The van der Waals surface area contributed by atoms with E-state index in [1.807, 2.05) is 19.9 Å². The molecule has 4 N–H and O–H groups in total. The van der Waals surface area contributed by atoms with Gasteiger partial charge in [-0.25, -0.2) is 9.59 Å². The van der Waals surface area contributed by atoms with Crippen molar-refractivity contribution in [3.05, 3.63) is 129 Å². The molecule has 2 amide bonds. The molecule has 0 fully saturated rings. The second kappa shape index (κ2) is 16.4.